The standard InChI is InChI=1S/C51H52N14O3/c1-29-56-39-9-7-35(23-43(39)58-29)64-50(52)37(25-54-64)47(45-21-33-5-3-31(19-41(33)60-45)27-62-11-15-67-16-12-62)49(66)48(38-26-55-65(51(38)53)36-8-10-40-44(24-36)59-30(2)57-40)46-22-34-6-4-32(20-42(34)61-46)28-63-13-17-68-18-14-63/h3-10,19-26,47-48,60-61H,11-18,27-28,52-53H2,1-2H3,(H,56,58)(H,57,59). The number of nitrogens with two attached hydrogens (primary N) is 2. The molecule has 2 aliphatic rings. The number of nitrogens with one attached hydrogen (secondary N) is 4. The van der Waals surface area contributed by atoms with E-state index in [1.165, 1.54) is 11.1 Å². The van der Waals surface area contributed by atoms with E-state index in [0.29, 0.717) is 34.2 Å². The topological polar surface area (TPSA) is 219 Å². The van der Waals surface area contributed by atoms with Crippen molar-refractivity contribution in [1.29, 1.82) is 0 Å². The maximum Gasteiger partial charge on any atom is 0.159 e. The second-order valence-corrected chi connectivity index (χ2v) is 18.2. The van der Waals surface area contributed by atoms with E-state index in [1.54, 1.807) is 21.8 Å². The number of anilines is 2. The first-order chi connectivity index (χ1) is 33.2. The third-order valence-electron chi connectivity index (χ3n) is 13.6. The van der Waals surface area contributed by atoms with Crippen molar-refractivity contribution in [1.82, 2.24) is 59.3 Å². The number of rotatable bonds is 12. The van der Waals surface area contributed by atoms with Gasteiger partial charge in [-0.1, -0.05) is 24.3 Å². The molecule has 0 bridgehead atoms. The molecule has 0 radical (unpaired) electrons. The third kappa shape index (κ3) is 7.68. The van der Waals surface area contributed by atoms with Gasteiger partial charge >= 0.3 is 0 Å². The minimum atomic E-state index is -0.919. The molecule has 6 aromatic heterocycles. The molecular formula is C51H52N14O3. The number of ketones is 1. The molecule has 2 atom stereocenters. The first-order valence-corrected chi connectivity index (χ1v) is 23.2. The van der Waals surface area contributed by atoms with Gasteiger partial charge in [0.2, 0.25) is 0 Å². The van der Waals surface area contributed by atoms with Crippen molar-refractivity contribution in [2.45, 2.75) is 38.8 Å². The van der Waals surface area contributed by atoms with Crippen molar-refractivity contribution in [3.05, 3.63) is 143 Å². The largest absolute Gasteiger partial charge is 0.383 e. The predicted molar refractivity (Wildman–Crippen MR) is 262 cm³/mol. The summed E-state index contributed by atoms with van der Waals surface area (Å²) in [5.41, 5.74) is 25.9. The number of carbonyl (C=O) groups is 1. The third-order valence-corrected chi connectivity index (χ3v) is 13.6. The van der Waals surface area contributed by atoms with Gasteiger partial charge in [-0.25, -0.2) is 19.3 Å². The Kier molecular flexibility index (Phi) is 10.4. The van der Waals surface area contributed by atoms with Gasteiger partial charge in [-0.2, -0.15) is 10.2 Å². The molecule has 0 amide bonds. The maximum absolute atomic E-state index is 16.3. The fraction of sp³-hybridized carbons (Fsp3) is 0.275. The van der Waals surface area contributed by atoms with Crippen LogP contribution >= 0.6 is 0 Å². The Labute approximate surface area is 390 Å². The number of hydrogen-bond acceptors (Lipinski definition) is 11. The van der Waals surface area contributed by atoms with Crippen LogP contribution < -0.4 is 11.5 Å². The maximum atomic E-state index is 16.3. The minimum Gasteiger partial charge on any atom is -0.383 e. The molecule has 2 aliphatic heterocycles. The summed E-state index contributed by atoms with van der Waals surface area (Å²) >= 11 is 0. The van der Waals surface area contributed by atoms with E-state index < -0.39 is 11.8 Å². The predicted octanol–water partition coefficient (Wildman–Crippen LogP) is 6.75. The number of hydrogen-bond donors (Lipinski definition) is 6. The molecule has 10 aromatic rings. The number of aromatic amines is 4. The van der Waals surface area contributed by atoms with E-state index in [0.717, 1.165) is 133 Å². The Morgan fingerprint density at radius 2 is 1.01 bits per heavy atom. The molecule has 68 heavy (non-hydrogen) atoms. The number of H-pyrrole nitrogens is 4. The molecule has 2 saturated heterocycles. The lowest BCUT2D eigenvalue weighted by Crippen LogP contribution is -2.35. The molecule has 4 aromatic carbocycles. The molecule has 2 unspecified atom stereocenters. The number of aryl methyl sites for hydroxylation is 2. The Bertz CT molecular complexity index is 3270. The van der Waals surface area contributed by atoms with Gasteiger partial charge in [0.25, 0.3) is 0 Å². The van der Waals surface area contributed by atoms with Crippen molar-refractivity contribution < 1.29 is 14.3 Å². The summed E-state index contributed by atoms with van der Waals surface area (Å²) < 4.78 is 14.6. The van der Waals surface area contributed by atoms with Crippen molar-refractivity contribution in [2.75, 3.05) is 64.1 Å². The number of nitrogens with zero attached hydrogens (tertiary/aromatic N) is 8. The number of carbonyl (C=O) groups excluding carboxylic acids is 1. The summed E-state index contributed by atoms with van der Waals surface area (Å²) in [7, 11) is 0. The highest BCUT2D eigenvalue weighted by Gasteiger charge is 2.38. The summed E-state index contributed by atoms with van der Waals surface area (Å²) in [6.45, 7) is 11.8. The summed E-state index contributed by atoms with van der Waals surface area (Å²) in [5, 5.41) is 11.7. The molecule has 0 spiro atoms. The summed E-state index contributed by atoms with van der Waals surface area (Å²) in [5.74, 6) is 0.275. The lowest BCUT2D eigenvalue weighted by Gasteiger charge is -2.26. The number of nitrogen functional groups attached to an aromatic ring is 2. The van der Waals surface area contributed by atoms with E-state index in [-0.39, 0.29) is 5.78 Å². The van der Waals surface area contributed by atoms with Crippen LogP contribution in [-0.2, 0) is 27.4 Å². The Morgan fingerprint density at radius 1 is 0.574 bits per heavy atom. The monoisotopic (exact) mass is 908 g/mol. The second kappa shape index (κ2) is 16.9. The highest BCUT2D eigenvalue weighted by molar-refractivity contribution is 6.00. The fourth-order valence-corrected chi connectivity index (χ4v) is 10.2. The van der Waals surface area contributed by atoms with E-state index in [9.17, 15) is 0 Å². The van der Waals surface area contributed by atoms with Crippen LogP contribution in [0.1, 0.15) is 57.1 Å². The zero-order valence-electron chi connectivity index (χ0n) is 37.9. The van der Waals surface area contributed by atoms with Gasteiger partial charge in [0.05, 0.1) is 84.1 Å². The zero-order valence-corrected chi connectivity index (χ0v) is 37.9. The molecule has 17 nitrogen and oxygen atoms in total. The van der Waals surface area contributed by atoms with E-state index in [2.05, 4.69) is 88.2 Å². The van der Waals surface area contributed by atoms with Crippen LogP contribution in [0.5, 0.6) is 0 Å². The van der Waals surface area contributed by atoms with Crippen LogP contribution in [0, 0.1) is 13.8 Å². The van der Waals surface area contributed by atoms with Gasteiger partial charge in [0.15, 0.2) is 5.78 Å². The SMILES string of the molecule is Cc1nc2ccc(-n3ncc(C(C(=O)C(c4cc5ccc(CN6CCOCC6)cc5[nH]4)c4cnn(-c5ccc6nc(C)[nH]c6c5)c4N)c4cc5ccc(CN6CCOCC6)cc5[nH]4)c3N)cc2[nH]1. The average Bonchev–Trinajstić information content (AvgIpc) is 4.21. The van der Waals surface area contributed by atoms with Gasteiger partial charge in [-0.05, 0) is 96.4 Å². The first kappa shape index (κ1) is 41.8. The van der Waals surface area contributed by atoms with Crippen molar-refractivity contribution in [2.24, 2.45) is 0 Å². The van der Waals surface area contributed by atoms with E-state index in [4.69, 9.17) is 31.1 Å². The van der Waals surface area contributed by atoms with Gasteiger partial charge in [0, 0.05) is 72.8 Å². The molecule has 0 aliphatic carbocycles. The molecule has 17 heteroatoms. The lowest BCUT2D eigenvalue weighted by atomic mass is 9.81. The van der Waals surface area contributed by atoms with Crippen LogP contribution in [0.15, 0.2) is 97.3 Å². The number of morpholine rings is 2. The molecule has 8 heterocycles. The average molecular weight is 909 g/mol. The number of ether oxygens (including phenoxy) is 2. The Balaban J connectivity index is 1.00. The molecule has 2 fully saturated rings. The quantitative estimate of drug-likeness (QED) is 0.0753. The minimum absolute atomic E-state index is 0.165. The summed E-state index contributed by atoms with van der Waals surface area (Å²) in [6, 6.07) is 28.7. The normalized spacial score (nSPS) is 16.1. The smallest absolute Gasteiger partial charge is 0.159 e. The number of aromatic nitrogens is 10. The lowest BCUT2D eigenvalue weighted by molar-refractivity contribution is -0.120. The summed E-state index contributed by atoms with van der Waals surface area (Å²) in [6.07, 6.45) is 3.43. The van der Waals surface area contributed by atoms with E-state index >= 15 is 4.79 Å². The van der Waals surface area contributed by atoms with Crippen LogP contribution in [0.2, 0.25) is 0 Å². The fourth-order valence-electron chi connectivity index (χ4n) is 10.2. The Hall–Kier alpha value is -7.57. The Morgan fingerprint density at radius 3 is 1.46 bits per heavy atom. The van der Waals surface area contributed by atoms with Crippen LogP contribution in [0.25, 0.3) is 55.2 Å². The van der Waals surface area contributed by atoms with Crippen molar-refractivity contribution in [3.8, 4) is 11.4 Å². The van der Waals surface area contributed by atoms with Crippen LogP contribution in [-0.4, -0.2) is 118 Å². The summed E-state index contributed by atoms with van der Waals surface area (Å²) in [4.78, 5) is 44.3. The molecule has 12 rings (SSSR count). The van der Waals surface area contributed by atoms with Crippen molar-refractivity contribution in [3.63, 3.8) is 0 Å². The number of Topliss-reactive ketones (excluding diaryl/α,β-unsaturated/α-hetero) is 1. The number of imidazole rings is 2. The van der Waals surface area contributed by atoms with Gasteiger partial charge in [-0.3, -0.25) is 14.6 Å². The highest BCUT2D eigenvalue weighted by Crippen LogP contribution is 2.42. The van der Waals surface area contributed by atoms with E-state index in [1.807, 2.05) is 50.2 Å². The second-order valence-electron chi connectivity index (χ2n) is 18.2. The molecule has 344 valence electrons. The van der Waals surface area contributed by atoms with Crippen molar-refractivity contribution >= 4 is 61.3 Å². The first-order valence-electron chi connectivity index (χ1n) is 23.2. The van der Waals surface area contributed by atoms with Crippen LogP contribution in [0.3, 0.4) is 0 Å². The van der Waals surface area contributed by atoms with Crippen LogP contribution in [0.4, 0.5) is 11.6 Å². The number of benzene rings is 4. The zero-order chi connectivity index (χ0) is 46.0. The number of fused-ring (bicyclic) bond motifs is 4. The molecular weight excluding hydrogens is 857 g/mol. The van der Waals surface area contributed by atoms with Gasteiger partial charge < -0.3 is 40.9 Å². The van der Waals surface area contributed by atoms with Gasteiger partial charge in [-0.15, -0.1) is 0 Å². The van der Waals surface area contributed by atoms with Gasteiger partial charge in [0.1, 0.15) is 23.3 Å². The molecule has 8 N–H and O–H groups in total. The highest BCUT2D eigenvalue weighted by atomic mass is 16.5. The molecule has 0 saturated carbocycles.